The van der Waals surface area contributed by atoms with E-state index in [2.05, 4.69) is 0 Å². The van der Waals surface area contributed by atoms with E-state index in [4.69, 9.17) is 9.47 Å². The van der Waals surface area contributed by atoms with Crippen LogP contribution < -0.4 is 9.47 Å². The Hall–Kier alpha value is -2.49. The third-order valence-corrected chi connectivity index (χ3v) is 4.72. The van der Waals surface area contributed by atoms with E-state index in [0.29, 0.717) is 0 Å². The summed E-state index contributed by atoms with van der Waals surface area (Å²) >= 11 is 0. The number of ether oxygens (including phenoxy) is 2. The molecule has 2 aromatic rings. The van der Waals surface area contributed by atoms with Gasteiger partial charge in [-0.1, -0.05) is 29.8 Å². The summed E-state index contributed by atoms with van der Waals surface area (Å²) in [7, 11) is 1.66. The molecule has 0 aromatic heterocycles. The highest BCUT2D eigenvalue weighted by atomic mass is 16.5. The molecule has 2 atom stereocenters. The van der Waals surface area contributed by atoms with Gasteiger partial charge in [0.25, 0.3) is 5.91 Å². The van der Waals surface area contributed by atoms with Crippen molar-refractivity contribution in [3.63, 3.8) is 0 Å². The molecule has 1 heterocycles. The van der Waals surface area contributed by atoms with Crippen molar-refractivity contribution in [1.82, 2.24) is 4.90 Å². The van der Waals surface area contributed by atoms with Gasteiger partial charge < -0.3 is 14.4 Å². The van der Waals surface area contributed by atoms with Crippen LogP contribution in [-0.2, 0) is 4.79 Å². The van der Waals surface area contributed by atoms with Crippen molar-refractivity contribution in [3.05, 3.63) is 59.7 Å². The normalized spacial score (nSPS) is 18.0. The van der Waals surface area contributed by atoms with Crippen LogP contribution in [-0.4, -0.2) is 30.6 Å². The predicted molar refractivity (Wildman–Crippen MR) is 98.0 cm³/mol. The molecule has 1 aliphatic rings. The van der Waals surface area contributed by atoms with E-state index in [1.807, 2.05) is 67.3 Å². The molecule has 1 amide bonds. The van der Waals surface area contributed by atoms with E-state index in [1.165, 1.54) is 5.56 Å². The van der Waals surface area contributed by atoms with Gasteiger partial charge in [-0.3, -0.25) is 4.79 Å². The molecule has 2 aromatic carbocycles. The monoisotopic (exact) mass is 339 g/mol. The molecular formula is C21H25NO3. The lowest BCUT2D eigenvalue weighted by Gasteiger charge is -2.28. The fraction of sp³-hybridized carbons (Fsp3) is 0.381. The molecular weight excluding hydrogens is 314 g/mol. The fourth-order valence-corrected chi connectivity index (χ4v) is 3.31. The number of hydrogen-bond donors (Lipinski definition) is 0. The minimum absolute atomic E-state index is 0.0406. The number of rotatable bonds is 5. The first kappa shape index (κ1) is 17.3. The molecule has 0 N–H and O–H groups in total. The van der Waals surface area contributed by atoms with Crippen LogP contribution in [0.3, 0.4) is 0 Å². The molecule has 1 fully saturated rings. The number of benzene rings is 2. The quantitative estimate of drug-likeness (QED) is 0.822. The molecule has 4 heteroatoms. The Morgan fingerprint density at radius 2 is 1.72 bits per heavy atom. The van der Waals surface area contributed by atoms with Crippen LogP contribution in [0.2, 0.25) is 0 Å². The van der Waals surface area contributed by atoms with Gasteiger partial charge in [-0.15, -0.1) is 0 Å². The first-order valence-corrected chi connectivity index (χ1v) is 8.76. The summed E-state index contributed by atoms with van der Waals surface area (Å²) in [4.78, 5) is 14.8. The molecule has 3 rings (SSSR count). The van der Waals surface area contributed by atoms with Crippen LogP contribution >= 0.6 is 0 Å². The molecule has 0 radical (unpaired) electrons. The average Bonchev–Trinajstić information content (AvgIpc) is 3.12. The maximum Gasteiger partial charge on any atom is 0.263 e. The Morgan fingerprint density at radius 3 is 2.36 bits per heavy atom. The van der Waals surface area contributed by atoms with E-state index in [-0.39, 0.29) is 11.9 Å². The van der Waals surface area contributed by atoms with E-state index in [1.54, 1.807) is 7.11 Å². The van der Waals surface area contributed by atoms with Crippen LogP contribution in [0, 0.1) is 6.92 Å². The lowest BCUT2D eigenvalue weighted by atomic mass is 10.0. The highest BCUT2D eigenvalue weighted by Gasteiger charge is 2.33. The maximum absolute atomic E-state index is 12.9. The summed E-state index contributed by atoms with van der Waals surface area (Å²) in [5, 5.41) is 0. The summed E-state index contributed by atoms with van der Waals surface area (Å²) in [6.07, 6.45) is 1.50. The summed E-state index contributed by atoms with van der Waals surface area (Å²) in [5.74, 6) is 1.60. The summed E-state index contributed by atoms with van der Waals surface area (Å²) in [6.45, 7) is 4.63. The van der Waals surface area contributed by atoms with Crippen LogP contribution in [0.4, 0.5) is 0 Å². The molecule has 0 aliphatic carbocycles. The SMILES string of the molecule is COc1ccc(C2CCCN2C(=O)C(C)Oc2ccc(C)cc2)cc1. The Balaban J connectivity index is 1.69. The van der Waals surface area contributed by atoms with Crippen LogP contribution in [0.5, 0.6) is 11.5 Å². The zero-order valence-corrected chi connectivity index (χ0v) is 15.1. The van der Waals surface area contributed by atoms with Gasteiger partial charge in [-0.05, 0) is 56.5 Å². The van der Waals surface area contributed by atoms with Gasteiger partial charge in [0.2, 0.25) is 0 Å². The van der Waals surface area contributed by atoms with Crippen LogP contribution in [0.1, 0.15) is 36.9 Å². The predicted octanol–water partition coefficient (Wildman–Crippen LogP) is 4.13. The van der Waals surface area contributed by atoms with Gasteiger partial charge in [0, 0.05) is 6.54 Å². The number of carbonyl (C=O) groups is 1. The number of methoxy groups -OCH3 is 1. The van der Waals surface area contributed by atoms with Gasteiger partial charge in [0.05, 0.1) is 13.2 Å². The molecule has 2 unspecified atom stereocenters. The fourth-order valence-electron chi connectivity index (χ4n) is 3.31. The molecule has 0 saturated carbocycles. The van der Waals surface area contributed by atoms with Crippen molar-refractivity contribution in [2.75, 3.05) is 13.7 Å². The number of carbonyl (C=O) groups excluding carboxylic acids is 1. The highest BCUT2D eigenvalue weighted by Crippen LogP contribution is 2.33. The number of nitrogens with zero attached hydrogens (tertiary/aromatic N) is 1. The Kier molecular flexibility index (Phi) is 5.27. The third-order valence-electron chi connectivity index (χ3n) is 4.72. The average molecular weight is 339 g/mol. The molecule has 25 heavy (non-hydrogen) atoms. The number of hydrogen-bond acceptors (Lipinski definition) is 3. The minimum atomic E-state index is -0.499. The van der Waals surface area contributed by atoms with Crippen molar-refractivity contribution >= 4 is 5.91 Å². The van der Waals surface area contributed by atoms with E-state index >= 15 is 0 Å². The lowest BCUT2D eigenvalue weighted by Crippen LogP contribution is -2.40. The smallest absolute Gasteiger partial charge is 0.263 e. The Labute approximate surface area is 149 Å². The zero-order chi connectivity index (χ0) is 17.8. The second kappa shape index (κ2) is 7.60. The van der Waals surface area contributed by atoms with Gasteiger partial charge >= 0.3 is 0 Å². The van der Waals surface area contributed by atoms with Gasteiger partial charge in [-0.25, -0.2) is 0 Å². The molecule has 1 saturated heterocycles. The lowest BCUT2D eigenvalue weighted by molar-refractivity contribution is -0.138. The van der Waals surface area contributed by atoms with Crippen molar-refractivity contribution in [2.45, 2.75) is 38.8 Å². The number of likely N-dealkylation sites (tertiary alicyclic amines) is 1. The topological polar surface area (TPSA) is 38.8 Å². The zero-order valence-electron chi connectivity index (χ0n) is 15.1. The summed E-state index contributed by atoms with van der Waals surface area (Å²) in [5.41, 5.74) is 2.32. The van der Waals surface area contributed by atoms with Crippen LogP contribution in [0.25, 0.3) is 0 Å². The Bertz CT molecular complexity index is 709. The maximum atomic E-state index is 12.9. The molecule has 0 spiro atoms. The van der Waals surface area contributed by atoms with Gasteiger partial charge in [-0.2, -0.15) is 0 Å². The second-order valence-electron chi connectivity index (χ2n) is 6.54. The minimum Gasteiger partial charge on any atom is -0.497 e. The second-order valence-corrected chi connectivity index (χ2v) is 6.54. The molecule has 1 aliphatic heterocycles. The van der Waals surface area contributed by atoms with E-state index in [9.17, 15) is 4.79 Å². The van der Waals surface area contributed by atoms with E-state index in [0.717, 1.165) is 36.4 Å². The number of aryl methyl sites for hydroxylation is 1. The van der Waals surface area contributed by atoms with Gasteiger partial charge in [0.1, 0.15) is 11.5 Å². The number of amides is 1. The third kappa shape index (κ3) is 3.95. The molecule has 4 nitrogen and oxygen atoms in total. The standard InChI is InChI=1S/C21H25NO3/c1-15-6-10-19(11-7-15)25-16(2)21(23)22-14-4-5-20(22)17-8-12-18(24-3)13-9-17/h6-13,16,20H,4-5,14H2,1-3H3. The summed E-state index contributed by atoms with van der Waals surface area (Å²) in [6, 6.07) is 15.9. The first-order valence-electron chi connectivity index (χ1n) is 8.76. The molecule has 132 valence electrons. The van der Waals surface area contributed by atoms with Crippen LogP contribution in [0.15, 0.2) is 48.5 Å². The van der Waals surface area contributed by atoms with Crippen molar-refractivity contribution in [2.24, 2.45) is 0 Å². The Morgan fingerprint density at radius 1 is 1.08 bits per heavy atom. The highest BCUT2D eigenvalue weighted by molar-refractivity contribution is 5.81. The van der Waals surface area contributed by atoms with Crippen molar-refractivity contribution in [3.8, 4) is 11.5 Å². The van der Waals surface area contributed by atoms with Crippen molar-refractivity contribution < 1.29 is 14.3 Å². The summed E-state index contributed by atoms with van der Waals surface area (Å²) < 4.78 is 11.1. The van der Waals surface area contributed by atoms with Crippen molar-refractivity contribution in [1.29, 1.82) is 0 Å². The van der Waals surface area contributed by atoms with E-state index < -0.39 is 6.10 Å². The van der Waals surface area contributed by atoms with Gasteiger partial charge in [0.15, 0.2) is 6.10 Å². The molecule has 0 bridgehead atoms. The largest absolute Gasteiger partial charge is 0.497 e. The first-order chi connectivity index (χ1) is 12.1.